The van der Waals surface area contributed by atoms with Gasteiger partial charge in [-0.05, 0) is 42.5 Å². The van der Waals surface area contributed by atoms with Crippen molar-refractivity contribution in [1.82, 2.24) is 5.32 Å². The maximum absolute atomic E-state index is 12.9. The first-order valence-corrected chi connectivity index (χ1v) is 8.83. The van der Waals surface area contributed by atoms with E-state index in [9.17, 15) is 14.4 Å². The quantitative estimate of drug-likeness (QED) is 0.756. The average Bonchev–Trinajstić information content (AvgIpc) is 2.63. The Morgan fingerprint density at radius 2 is 1.82 bits per heavy atom. The first kappa shape index (κ1) is 19.4. The molecule has 2 aromatic rings. The Labute approximate surface area is 167 Å². The Hall–Kier alpha value is -3.32. The van der Waals surface area contributed by atoms with Gasteiger partial charge < -0.3 is 10.2 Å². The number of nitrogens with zero attached hydrogens (tertiary/aromatic N) is 2. The number of urea groups is 1. The van der Waals surface area contributed by atoms with Crippen LogP contribution >= 0.6 is 11.6 Å². The van der Waals surface area contributed by atoms with Gasteiger partial charge in [0.2, 0.25) is 5.91 Å². The first-order chi connectivity index (χ1) is 13.3. The summed E-state index contributed by atoms with van der Waals surface area (Å²) < 4.78 is 0. The van der Waals surface area contributed by atoms with E-state index in [2.05, 4.69) is 17.2 Å². The zero-order valence-corrected chi connectivity index (χ0v) is 16.2. The van der Waals surface area contributed by atoms with Crippen molar-refractivity contribution in [3.63, 3.8) is 0 Å². The molecule has 1 saturated heterocycles. The molecular weight excluding hydrogens is 380 g/mol. The highest BCUT2D eigenvalue weighted by molar-refractivity contribution is 6.31. The predicted molar refractivity (Wildman–Crippen MR) is 109 cm³/mol. The molecular formula is C20H19ClN4O3. The highest BCUT2D eigenvalue weighted by atomic mass is 35.5. The summed E-state index contributed by atoms with van der Waals surface area (Å²) in [4.78, 5) is 40.3. The van der Waals surface area contributed by atoms with E-state index in [0.717, 1.165) is 10.6 Å². The molecule has 144 valence electrons. The van der Waals surface area contributed by atoms with Gasteiger partial charge in [-0.25, -0.2) is 9.69 Å². The largest absolute Gasteiger partial charge is 0.378 e. The second-order valence-corrected chi connectivity index (χ2v) is 6.91. The molecule has 2 aromatic carbocycles. The van der Waals surface area contributed by atoms with Crippen LogP contribution in [0.5, 0.6) is 0 Å². The van der Waals surface area contributed by atoms with Crippen LogP contribution in [0.15, 0.2) is 60.8 Å². The zero-order valence-electron chi connectivity index (χ0n) is 15.4. The van der Waals surface area contributed by atoms with E-state index in [1.165, 1.54) is 12.1 Å². The van der Waals surface area contributed by atoms with Gasteiger partial charge in [0, 0.05) is 36.2 Å². The van der Waals surface area contributed by atoms with Crippen LogP contribution in [-0.4, -0.2) is 31.9 Å². The minimum Gasteiger partial charge on any atom is -0.378 e. The third-order valence-electron chi connectivity index (χ3n) is 4.26. The van der Waals surface area contributed by atoms with Gasteiger partial charge in [0.25, 0.3) is 5.91 Å². The summed E-state index contributed by atoms with van der Waals surface area (Å²) in [6, 6.07) is 12.8. The molecule has 0 bridgehead atoms. The number of carbonyl (C=O) groups is 3. The molecule has 3 rings (SSSR count). The fraction of sp³-hybridized carbons (Fsp3) is 0.150. The standard InChI is InChI=1S/C20H19ClN4O3/c1-12(22-14-5-4-6-16(11-14)24(2)3)17-18(26)23-20(28)25(19(17)27)15-9-7-13(21)8-10-15/h4-11,17,22H,1H2,2-3H3,(H,23,26,28)/t17-/m0/s1. The van der Waals surface area contributed by atoms with Crippen LogP contribution in [0.4, 0.5) is 21.9 Å². The number of halogens is 1. The lowest BCUT2D eigenvalue weighted by Crippen LogP contribution is -2.59. The van der Waals surface area contributed by atoms with Gasteiger partial charge in [-0.15, -0.1) is 0 Å². The topological polar surface area (TPSA) is 81.8 Å². The van der Waals surface area contributed by atoms with Crippen molar-refractivity contribution in [3.05, 3.63) is 65.8 Å². The molecule has 1 aliphatic rings. The highest BCUT2D eigenvalue weighted by Crippen LogP contribution is 2.27. The maximum Gasteiger partial charge on any atom is 0.335 e. The third kappa shape index (κ3) is 3.84. The molecule has 1 atom stereocenters. The van der Waals surface area contributed by atoms with E-state index >= 15 is 0 Å². The Kier molecular flexibility index (Phi) is 5.37. The summed E-state index contributed by atoms with van der Waals surface area (Å²) in [5, 5.41) is 5.67. The number of imide groups is 2. The van der Waals surface area contributed by atoms with Gasteiger partial charge in [0.05, 0.1) is 5.69 Å². The van der Waals surface area contributed by atoms with E-state index in [4.69, 9.17) is 11.6 Å². The SMILES string of the molecule is C=C(Nc1cccc(N(C)C)c1)[C@H]1C(=O)NC(=O)N(c2ccc(Cl)cc2)C1=O. The number of amides is 4. The van der Waals surface area contributed by atoms with Gasteiger partial charge in [-0.3, -0.25) is 14.9 Å². The smallest absolute Gasteiger partial charge is 0.335 e. The number of barbiturate groups is 1. The number of benzene rings is 2. The fourth-order valence-corrected chi connectivity index (χ4v) is 2.96. The van der Waals surface area contributed by atoms with Crippen molar-refractivity contribution < 1.29 is 14.4 Å². The molecule has 1 aliphatic heterocycles. The summed E-state index contributed by atoms with van der Waals surface area (Å²) in [6.07, 6.45) is 0. The highest BCUT2D eigenvalue weighted by Gasteiger charge is 2.43. The first-order valence-electron chi connectivity index (χ1n) is 8.45. The van der Waals surface area contributed by atoms with Gasteiger partial charge in [-0.2, -0.15) is 0 Å². The summed E-state index contributed by atoms with van der Waals surface area (Å²) >= 11 is 5.87. The second-order valence-electron chi connectivity index (χ2n) is 6.47. The average molecular weight is 399 g/mol. The lowest BCUT2D eigenvalue weighted by molar-refractivity contribution is -0.132. The zero-order chi connectivity index (χ0) is 20.4. The summed E-state index contributed by atoms with van der Waals surface area (Å²) in [6.45, 7) is 3.85. The summed E-state index contributed by atoms with van der Waals surface area (Å²) in [7, 11) is 3.81. The van der Waals surface area contributed by atoms with Crippen molar-refractivity contribution in [3.8, 4) is 0 Å². The predicted octanol–water partition coefficient (Wildman–Crippen LogP) is 3.23. The van der Waals surface area contributed by atoms with Crippen molar-refractivity contribution in [2.45, 2.75) is 0 Å². The molecule has 2 N–H and O–H groups in total. The lowest BCUT2D eigenvalue weighted by Gasteiger charge is -2.31. The van der Waals surface area contributed by atoms with Crippen molar-refractivity contribution >= 4 is 46.5 Å². The van der Waals surface area contributed by atoms with Crippen LogP contribution in [0.2, 0.25) is 5.02 Å². The summed E-state index contributed by atoms with van der Waals surface area (Å²) in [5.41, 5.74) is 2.10. The van der Waals surface area contributed by atoms with Gasteiger partial charge in [0.15, 0.2) is 5.92 Å². The van der Waals surface area contributed by atoms with E-state index in [1.807, 2.05) is 37.2 Å². The number of nitrogens with one attached hydrogen (secondary N) is 2. The van der Waals surface area contributed by atoms with Crippen molar-refractivity contribution in [2.24, 2.45) is 5.92 Å². The molecule has 1 fully saturated rings. The van der Waals surface area contributed by atoms with E-state index in [-0.39, 0.29) is 5.70 Å². The molecule has 4 amide bonds. The molecule has 0 radical (unpaired) electrons. The lowest BCUT2D eigenvalue weighted by atomic mass is 10.0. The minimum atomic E-state index is -1.25. The van der Waals surface area contributed by atoms with E-state index in [1.54, 1.807) is 18.2 Å². The molecule has 0 aliphatic carbocycles. The number of anilines is 3. The molecule has 1 heterocycles. The van der Waals surface area contributed by atoms with Crippen LogP contribution in [0, 0.1) is 5.92 Å². The normalized spacial score (nSPS) is 16.6. The van der Waals surface area contributed by atoms with Gasteiger partial charge in [0.1, 0.15) is 0 Å². The van der Waals surface area contributed by atoms with Gasteiger partial charge in [-0.1, -0.05) is 24.2 Å². The molecule has 28 heavy (non-hydrogen) atoms. The number of carbonyl (C=O) groups excluding carboxylic acids is 3. The van der Waals surface area contributed by atoms with Crippen LogP contribution in [0.25, 0.3) is 0 Å². The Bertz CT molecular complexity index is 956. The Balaban J connectivity index is 1.85. The number of hydrogen-bond acceptors (Lipinski definition) is 5. The Morgan fingerprint density at radius 3 is 2.46 bits per heavy atom. The van der Waals surface area contributed by atoms with Crippen LogP contribution < -0.4 is 20.4 Å². The Morgan fingerprint density at radius 1 is 1.14 bits per heavy atom. The molecule has 0 spiro atoms. The minimum absolute atomic E-state index is 0.171. The number of hydrogen-bond donors (Lipinski definition) is 2. The maximum atomic E-state index is 12.9. The fourth-order valence-electron chi connectivity index (χ4n) is 2.84. The monoisotopic (exact) mass is 398 g/mol. The van der Waals surface area contributed by atoms with Crippen LogP contribution in [-0.2, 0) is 9.59 Å². The van der Waals surface area contributed by atoms with Crippen LogP contribution in [0.1, 0.15) is 0 Å². The summed E-state index contributed by atoms with van der Waals surface area (Å²) in [5.74, 6) is -2.66. The van der Waals surface area contributed by atoms with Crippen LogP contribution in [0.3, 0.4) is 0 Å². The van der Waals surface area contributed by atoms with Crippen molar-refractivity contribution in [1.29, 1.82) is 0 Å². The molecule has 7 nitrogen and oxygen atoms in total. The molecule has 0 aromatic heterocycles. The molecule has 0 unspecified atom stereocenters. The van der Waals surface area contributed by atoms with Crippen molar-refractivity contribution in [2.75, 3.05) is 29.2 Å². The number of rotatable bonds is 5. The second kappa shape index (κ2) is 7.74. The van der Waals surface area contributed by atoms with E-state index in [0.29, 0.717) is 16.4 Å². The molecule has 0 saturated carbocycles. The molecule has 8 heteroatoms. The van der Waals surface area contributed by atoms with E-state index < -0.39 is 23.8 Å². The van der Waals surface area contributed by atoms with Gasteiger partial charge >= 0.3 is 6.03 Å². The third-order valence-corrected chi connectivity index (χ3v) is 4.52.